The molecule has 0 aliphatic rings. The Morgan fingerprint density at radius 1 is 1.23 bits per heavy atom. The third-order valence-corrected chi connectivity index (χ3v) is 4.54. The van der Waals surface area contributed by atoms with Gasteiger partial charge >= 0.3 is 0 Å². The van der Waals surface area contributed by atoms with Gasteiger partial charge in [0.2, 0.25) is 5.91 Å². The lowest BCUT2D eigenvalue weighted by Crippen LogP contribution is -2.28. The first-order valence-corrected chi connectivity index (χ1v) is 8.32. The number of rotatable bonds is 6. The molecular weight excluding hydrogens is 322 g/mol. The normalized spacial score (nSPS) is 11.7. The van der Waals surface area contributed by atoms with E-state index < -0.39 is 10.8 Å². The van der Waals surface area contributed by atoms with Gasteiger partial charge in [0.15, 0.2) is 0 Å². The average molecular weight is 338 g/mol. The molecule has 0 radical (unpaired) electrons. The van der Waals surface area contributed by atoms with Crippen LogP contribution in [0.25, 0.3) is 0 Å². The largest absolute Gasteiger partial charge is 0.496 e. The van der Waals surface area contributed by atoms with Gasteiger partial charge in [0.05, 0.1) is 17.9 Å². The first-order chi connectivity index (χ1) is 10.6. The van der Waals surface area contributed by atoms with Gasteiger partial charge in [-0.15, -0.1) is 0 Å². The molecule has 2 aromatic carbocycles. The molecule has 0 unspecified atom stereocenters. The Hall–Kier alpha value is -1.85. The van der Waals surface area contributed by atoms with Gasteiger partial charge in [-0.1, -0.05) is 29.8 Å². The Kier molecular flexibility index (Phi) is 5.98. The van der Waals surface area contributed by atoms with Crippen LogP contribution in [0.15, 0.2) is 53.4 Å². The minimum absolute atomic E-state index is 0.0765. The second-order valence-corrected chi connectivity index (χ2v) is 6.42. The van der Waals surface area contributed by atoms with Crippen LogP contribution >= 0.6 is 11.6 Å². The summed E-state index contributed by atoms with van der Waals surface area (Å²) in [5.74, 6) is 0.283. The maximum absolute atomic E-state index is 12.0. The van der Waals surface area contributed by atoms with E-state index in [2.05, 4.69) is 5.32 Å². The van der Waals surface area contributed by atoms with Crippen molar-refractivity contribution >= 4 is 28.3 Å². The second kappa shape index (κ2) is 7.96. The van der Waals surface area contributed by atoms with E-state index in [-0.39, 0.29) is 18.2 Å². The zero-order valence-electron chi connectivity index (χ0n) is 12.0. The van der Waals surface area contributed by atoms with Crippen LogP contribution in [0.5, 0.6) is 5.75 Å². The van der Waals surface area contributed by atoms with Gasteiger partial charge in [-0.2, -0.15) is 0 Å². The number of hydrogen-bond donors (Lipinski definition) is 1. The monoisotopic (exact) mass is 337 g/mol. The van der Waals surface area contributed by atoms with Gasteiger partial charge in [0, 0.05) is 22.0 Å². The number of carbonyl (C=O) groups is 1. The van der Waals surface area contributed by atoms with Crippen molar-refractivity contribution in [2.75, 3.05) is 12.9 Å². The Morgan fingerprint density at radius 3 is 2.64 bits per heavy atom. The van der Waals surface area contributed by atoms with Crippen LogP contribution in [0.3, 0.4) is 0 Å². The van der Waals surface area contributed by atoms with Crippen LogP contribution in [0.4, 0.5) is 0 Å². The van der Waals surface area contributed by atoms with Gasteiger partial charge in [-0.25, -0.2) is 0 Å². The molecule has 2 aromatic rings. The van der Waals surface area contributed by atoms with Crippen molar-refractivity contribution in [3.63, 3.8) is 0 Å². The summed E-state index contributed by atoms with van der Waals surface area (Å²) in [7, 11) is 0.202. The van der Waals surface area contributed by atoms with E-state index in [1.165, 1.54) is 0 Å². The van der Waals surface area contributed by atoms with E-state index in [0.717, 1.165) is 5.56 Å². The molecule has 0 aliphatic heterocycles. The number of carbonyl (C=O) groups excluding carboxylic acids is 1. The lowest BCUT2D eigenvalue weighted by atomic mass is 10.2. The third-order valence-electron chi connectivity index (χ3n) is 2.99. The molecule has 6 heteroatoms. The molecule has 0 saturated carbocycles. The van der Waals surface area contributed by atoms with Crippen LogP contribution in [-0.2, 0) is 22.1 Å². The summed E-state index contributed by atoms with van der Waals surface area (Å²) in [5.41, 5.74) is 0.772. The molecule has 0 saturated heterocycles. The molecule has 0 bridgehead atoms. The molecule has 1 N–H and O–H groups in total. The molecule has 0 fully saturated rings. The van der Waals surface area contributed by atoms with Crippen LogP contribution in [0.2, 0.25) is 5.02 Å². The molecule has 0 spiro atoms. The molecule has 116 valence electrons. The molecule has 0 aliphatic carbocycles. The molecule has 2 rings (SSSR count). The summed E-state index contributed by atoms with van der Waals surface area (Å²) in [6.45, 7) is 0.272. The Balaban J connectivity index is 1.93. The van der Waals surface area contributed by atoms with Gasteiger partial charge < -0.3 is 10.1 Å². The standard InChI is InChI=1S/C16H16ClNO3S/c1-21-15-8-7-13(17)9-12(15)10-18-16(19)11-22(20)14-5-3-2-4-6-14/h2-9H,10-11H2,1H3,(H,18,19)/t22-/m1/s1. The second-order valence-electron chi connectivity index (χ2n) is 4.54. The van der Waals surface area contributed by atoms with Crippen molar-refractivity contribution in [3.05, 3.63) is 59.1 Å². The van der Waals surface area contributed by atoms with Crippen LogP contribution < -0.4 is 10.1 Å². The van der Waals surface area contributed by atoms with Gasteiger partial charge in [0.25, 0.3) is 0 Å². The summed E-state index contributed by atoms with van der Waals surface area (Å²) in [5, 5.41) is 3.30. The maximum atomic E-state index is 12.0. The fourth-order valence-corrected chi connectivity index (χ4v) is 3.07. The van der Waals surface area contributed by atoms with E-state index in [9.17, 15) is 9.00 Å². The highest BCUT2D eigenvalue weighted by molar-refractivity contribution is 7.85. The van der Waals surface area contributed by atoms with Crippen molar-refractivity contribution in [2.45, 2.75) is 11.4 Å². The van der Waals surface area contributed by atoms with E-state index in [4.69, 9.17) is 16.3 Å². The van der Waals surface area contributed by atoms with Gasteiger partial charge in [-0.3, -0.25) is 9.00 Å². The zero-order chi connectivity index (χ0) is 15.9. The Bertz CT molecular complexity index is 676. The third kappa shape index (κ3) is 4.58. The minimum atomic E-state index is -1.35. The molecule has 1 amide bonds. The average Bonchev–Trinajstić information content (AvgIpc) is 2.54. The predicted molar refractivity (Wildman–Crippen MR) is 87.6 cm³/mol. The highest BCUT2D eigenvalue weighted by Gasteiger charge is 2.11. The molecule has 0 aromatic heterocycles. The predicted octanol–water partition coefficient (Wildman–Crippen LogP) is 2.77. The summed E-state index contributed by atoms with van der Waals surface area (Å²) < 4.78 is 17.3. The highest BCUT2D eigenvalue weighted by atomic mass is 35.5. The van der Waals surface area contributed by atoms with Crippen LogP contribution in [-0.4, -0.2) is 23.0 Å². The van der Waals surface area contributed by atoms with E-state index >= 15 is 0 Å². The van der Waals surface area contributed by atoms with Gasteiger partial charge in [-0.05, 0) is 30.3 Å². The van der Waals surface area contributed by atoms with Crippen LogP contribution in [0, 0.1) is 0 Å². The molecule has 4 nitrogen and oxygen atoms in total. The SMILES string of the molecule is COc1ccc(Cl)cc1CNC(=O)C[S@@](=O)c1ccccc1. The van der Waals surface area contributed by atoms with Crippen LogP contribution in [0.1, 0.15) is 5.56 Å². The number of amides is 1. The summed E-state index contributed by atoms with van der Waals surface area (Å²) in [6.07, 6.45) is 0. The first-order valence-electron chi connectivity index (χ1n) is 6.62. The Morgan fingerprint density at radius 2 is 1.95 bits per heavy atom. The van der Waals surface area contributed by atoms with Gasteiger partial charge in [0.1, 0.15) is 11.5 Å². The number of methoxy groups -OCH3 is 1. The number of hydrogen-bond acceptors (Lipinski definition) is 3. The minimum Gasteiger partial charge on any atom is -0.496 e. The number of halogens is 1. The van der Waals surface area contributed by atoms with Crippen molar-refractivity contribution in [3.8, 4) is 5.75 Å². The molecule has 22 heavy (non-hydrogen) atoms. The van der Waals surface area contributed by atoms with Crippen molar-refractivity contribution < 1.29 is 13.7 Å². The lowest BCUT2D eigenvalue weighted by molar-refractivity contribution is -0.118. The Labute approximate surface area is 136 Å². The van der Waals surface area contributed by atoms with E-state index in [1.807, 2.05) is 6.07 Å². The lowest BCUT2D eigenvalue weighted by Gasteiger charge is -2.10. The number of ether oxygens (including phenoxy) is 1. The van der Waals surface area contributed by atoms with E-state index in [1.54, 1.807) is 49.6 Å². The summed E-state index contributed by atoms with van der Waals surface area (Å²) in [4.78, 5) is 12.5. The quantitative estimate of drug-likeness (QED) is 0.881. The first kappa shape index (κ1) is 16.5. The fraction of sp³-hybridized carbons (Fsp3) is 0.188. The number of benzene rings is 2. The maximum Gasteiger partial charge on any atom is 0.233 e. The number of nitrogens with one attached hydrogen (secondary N) is 1. The summed E-state index contributed by atoms with van der Waals surface area (Å²) >= 11 is 5.94. The molecule has 0 heterocycles. The van der Waals surface area contributed by atoms with Crippen molar-refractivity contribution in [1.29, 1.82) is 0 Å². The fourth-order valence-electron chi connectivity index (χ4n) is 1.90. The van der Waals surface area contributed by atoms with Crippen molar-refractivity contribution in [1.82, 2.24) is 5.32 Å². The highest BCUT2D eigenvalue weighted by Crippen LogP contribution is 2.22. The smallest absolute Gasteiger partial charge is 0.233 e. The van der Waals surface area contributed by atoms with E-state index in [0.29, 0.717) is 15.7 Å². The zero-order valence-corrected chi connectivity index (χ0v) is 13.6. The topological polar surface area (TPSA) is 55.4 Å². The molecular formula is C16H16ClNO3S. The summed E-state index contributed by atoms with van der Waals surface area (Å²) in [6, 6.07) is 14.1. The van der Waals surface area contributed by atoms with Crippen molar-refractivity contribution in [2.24, 2.45) is 0 Å². The molecule has 1 atom stereocenters.